The summed E-state index contributed by atoms with van der Waals surface area (Å²) in [5, 5.41) is 15.0. The third-order valence-electron chi connectivity index (χ3n) is 4.22. The third-order valence-corrected chi connectivity index (χ3v) is 4.47. The minimum atomic E-state index is -4.49. The molecule has 3 N–H and O–H groups in total. The maximum absolute atomic E-state index is 13.0. The van der Waals surface area contributed by atoms with Crippen LogP contribution in [0.15, 0.2) is 54.6 Å². The van der Waals surface area contributed by atoms with Crippen molar-refractivity contribution in [2.45, 2.75) is 6.18 Å². The average Bonchev–Trinajstić information content (AvgIpc) is 3.15. The molecule has 4 rings (SSSR count). The monoisotopic (exact) mass is 432 g/mol. The van der Waals surface area contributed by atoms with E-state index in [1.54, 1.807) is 24.3 Å². The summed E-state index contributed by atoms with van der Waals surface area (Å²) in [5.74, 6) is -0.731. The van der Waals surface area contributed by atoms with Gasteiger partial charge in [-0.15, -0.1) is 10.2 Å². The molecule has 0 saturated heterocycles. The van der Waals surface area contributed by atoms with Crippen molar-refractivity contribution >= 4 is 34.7 Å². The number of halogens is 4. The second-order valence-corrected chi connectivity index (χ2v) is 6.71. The fourth-order valence-electron chi connectivity index (χ4n) is 2.75. The summed E-state index contributed by atoms with van der Waals surface area (Å²) in [7, 11) is 0. The number of alkyl halides is 3. The number of carbonyl (C=O) groups excluding carboxylic acids is 1. The number of nitrogens with two attached hydrogens (primary N) is 1. The highest BCUT2D eigenvalue weighted by Crippen LogP contribution is 2.32. The van der Waals surface area contributed by atoms with Crippen LogP contribution in [0.1, 0.15) is 16.1 Å². The number of anilines is 2. The quantitative estimate of drug-likeness (QED) is 0.503. The molecule has 1 amide bonds. The Hall–Kier alpha value is -3.66. The zero-order valence-corrected chi connectivity index (χ0v) is 15.7. The van der Waals surface area contributed by atoms with Crippen molar-refractivity contribution in [2.75, 3.05) is 11.1 Å². The Labute approximate surface area is 172 Å². The molecule has 2 heterocycles. The number of amides is 1. The van der Waals surface area contributed by atoms with Crippen LogP contribution in [0, 0.1) is 0 Å². The van der Waals surface area contributed by atoms with Crippen molar-refractivity contribution in [1.82, 2.24) is 19.8 Å². The van der Waals surface area contributed by atoms with Crippen LogP contribution in [-0.4, -0.2) is 25.7 Å². The van der Waals surface area contributed by atoms with E-state index in [-0.39, 0.29) is 28.4 Å². The number of fused-ring (bicyclic) bond motifs is 1. The van der Waals surface area contributed by atoms with Crippen LogP contribution in [0.25, 0.3) is 16.9 Å². The van der Waals surface area contributed by atoms with E-state index in [0.717, 1.165) is 16.6 Å². The van der Waals surface area contributed by atoms with Crippen LogP contribution in [0.2, 0.25) is 5.02 Å². The molecule has 0 unspecified atom stereocenters. The molecule has 2 aromatic heterocycles. The first-order valence-electron chi connectivity index (χ1n) is 8.49. The maximum atomic E-state index is 13.0. The molecule has 0 bridgehead atoms. The largest absolute Gasteiger partial charge is 0.416 e. The Balaban J connectivity index is 1.68. The van der Waals surface area contributed by atoms with E-state index < -0.39 is 17.6 Å². The zero-order chi connectivity index (χ0) is 21.5. The summed E-state index contributed by atoms with van der Waals surface area (Å²) >= 11 is 5.81. The maximum Gasteiger partial charge on any atom is 0.416 e. The van der Waals surface area contributed by atoms with Gasteiger partial charge in [0.15, 0.2) is 17.2 Å². The molecule has 0 fully saturated rings. The van der Waals surface area contributed by atoms with Crippen LogP contribution in [0.3, 0.4) is 0 Å². The molecule has 30 heavy (non-hydrogen) atoms. The minimum absolute atomic E-state index is 0.107. The molecule has 0 saturated carbocycles. The van der Waals surface area contributed by atoms with Gasteiger partial charge in [0.25, 0.3) is 5.91 Å². The van der Waals surface area contributed by atoms with E-state index in [9.17, 15) is 18.0 Å². The SMILES string of the molecule is Nc1c(C(=O)Nc2ccc(Cl)cc2)nnc2cc(-c3cccc(C(F)(F)F)c3)nn12. The van der Waals surface area contributed by atoms with Crippen molar-refractivity contribution in [2.24, 2.45) is 0 Å². The van der Waals surface area contributed by atoms with Gasteiger partial charge in [0.2, 0.25) is 0 Å². The second kappa shape index (κ2) is 7.30. The molecule has 0 aliphatic carbocycles. The lowest BCUT2D eigenvalue weighted by Gasteiger charge is -2.07. The molecule has 7 nitrogen and oxygen atoms in total. The predicted octanol–water partition coefficient (Wildman–Crippen LogP) is 4.30. The number of aromatic nitrogens is 4. The Morgan fingerprint density at radius 1 is 1.07 bits per heavy atom. The first-order valence-corrected chi connectivity index (χ1v) is 8.86. The molecule has 0 atom stereocenters. The molecule has 0 aliphatic heterocycles. The minimum Gasteiger partial charge on any atom is -0.382 e. The molecule has 0 radical (unpaired) electrons. The molecule has 11 heteroatoms. The van der Waals surface area contributed by atoms with E-state index in [1.807, 2.05) is 0 Å². The highest BCUT2D eigenvalue weighted by Gasteiger charge is 2.30. The van der Waals surface area contributed by atoms with E-state index >= 15 is 0 Å². The Kier molecular flexibility index (Phi) is 4.78. The van der Waals surface area contributed by atoms with Crippen molar-refractivity contribution in [3.05, 3.63) is 70.9 Å². The van der Waals surface area contributed by atoms with Crippen molar-refractivity contribution < 1.29 is 18.0 Å². The first kappa shape index (κ1) is 19.6. The van der Waals surface area contributed by atoms with Crippen LogP contribution in [-0.2, 0) is 6.18 Å². The topological polar surface area (TPSA) is 98.2 Å². The van der Waals surface area contributed by atoms with E-state index in [4.69, 9.17) is 17.3 Å². The number of nitrogens with zero attached hydrogens (tertiary/aromatic N) is 4. The lowest BCUT2D eigenvalue weighted by Crippen LogP contribution is -2.19. The second-order valence-electron chi connectivity index (χ2n) is 6.27. The molecule has 2 aromatic carbocycles. The normalized spacial score (nSPS) is 11.6. The van der Waals surface area contributed by atoms with E-state index in [0.29, 0.717) is 10.7 Å². The fourth-order valence-corrected chi connectivity index (χ4v) is 2.88. The van der Waals surface area contributed by atoms with Crippen LogP contribution in [0.4, 0.5) is 24.7 Å². The van der Waals surface area contributed by atoms with Gasteiger partial charge < -0.3 is 11.1 Å². The summed E-state index contributed by atoms with van der Waals surface area (Å²) in [4.78, 5) is 12.5. The van der Waals surface area contributed by atoms with Crippen molar-refractivity contribution in [3.63, 3.8) is 0 Å². The lowest BCUT2D eigenvalue weighted by atomic mass is 10.1. The Morgan fingerprint density at radius 3 is 2.50 bits per heavy atom. The van der Waals surface area contributed by atoms with Gasteiger partial charge in [-0.1, -0.05) is 23.7 Å². The molecule has 4 aromatic rings. The van der Waals surface area contributed by atoms with Gasteiger partial charge in [-0.25, -0.2) is 0 Å². The van der Waals surface area contributed by atoms with Crippen LogP contribution >= 0.6 is 11.6 Å². The Morgan fingerprint density at radius 2 is 1.80 bits per heavy atom. The van der Waals surface area contributed by atoms with E-state index in [2.05, 4.69) is 20.6 Å². The number of hydrogen-bond acceptors (Lipinski definition) is 5. The van der Waals surface area contributed by atoms with Gasteiger partial charge >= 0.3 is 6.18 Å². The zero-order valence-electron chi connectivity index (χ0n) is 15.0. The number of benzene rings is 2. The molecule has 152 valence electrons. The van der Waals surface area contributed by atoms with Crippen molar-refractivity contribution in [3.8, 4) is 11.3 Å². The third kappa shape index (κ3) is 3.77. The molecule has 0 aliphatic rings. The Bertz CT molecular complexity index is 1250. The molecule has 0 spiro atoms. The van der Waals surface area contributed by atoms with Gasteiger partial charge in [0.1, 0.15) is 0 Å². The van der Waals surface area contributed by atoms with Gasteiger partial charge in [0.05, 0.1) is 11.3 Å². The van der Waals surface area contributed by atoms with Crippen LogP contribution < -0.4 is 11.1 Å². The summed E-state index contributed by atoms with van der Waals surface area (Å²) in [6.07, 6.45) is -4.49. The lowest BCUT2D eigenvalue weighted by molar-refractivity contribution is -0.137. The van der Waals surface area contributed by atoms with Crippen LogP contribution in [0.5, 0.6) is 0 Å². The molecular weight excluding hydrogens is 421 g/mol. The highest BCUT2D eigenvalue weighted by atomic mass is 35.5. The average molecular weight is 433 g/mol. The number of nitrogens with one attached hydrogen (secondary N) is 1. The number of carbonyl (C=O) groups is 1. The number of nitrogen functional groups attached to an aromatic ring is 1. The van der Waals surface area contributed by atoms with Gasteiger partial charge in [0, 0.05) is 22.3 Å². The summed E-state index contributed by atoms with van der Waals surface area (Å²) in [6.45, 7) is 0. The summed E-state index contributed by atoms with van der Waals surface area (Å²) < 4.78 is 40.1. The number of hydrogen-bond donors (Lipinski definition) is 2. The highest BCUT2D eigenvalue weighted by molar-refractivity contribution is 6.30. The summed E-state index contributed by atoms with van der Waals surface area (Å²) in [5.41, 5.74) is 6.12. The van der Waals surface area contributed by atoms with E-state index in [1.165, 1.54) is 18.2 Å². The number of rotatable bonds is 3. The van der Waals surface area contributed by atoms with Gasteiger partial charge in [-0.3, -0.25) is 4.79 Å². The standard InChI is InChI=1S/C19H12ClF3N6O/c20-12-4-6-13(7-5-12)25-18(30)16-17(24)29-15(26-27-16)9-14(28-29)10-2-1-3-11(8-10)19(21,22)23/h1-9H,24H2,(H,25,30). The summed E-state index contributed by atoms with van der Waals surface area (Å²) in [6, 6.07) is 12.5. The van der Waals surface area contributed by atoms with Gasteiger partial charge in [-0.2, -0.15) is 22.8 Å². The molecular formula is C19H12ClF3N6O. The van der Waals surface area contributed by atoms with Gasteiger partial charge in [-0.05, 0) is 36.4 Å². The van der Waals surface area contributed by atoms with Crippen molar-refractivity contribution in [1.29, 1.82) is 0 Å². The fraction of sp³-hybridized carbons (Fsp3) is 0.0526. The predicted molar refractivity (Wildman–Crippen MR) is 105 cm³/mol. The first-order chi connectivity index (χ1) is 14.2. The smallest absolute Gasteiger partial charge is 0.382 e.